The predicted octanol–water partition coefficient (Wildman–Crippen LogP) is 1.76. The number of nitrogens with zero attached hydrogens (tertiary/aromatic N) is 1. The van der Waals surface area contributed by atoms with Crippen molar-refractivity contribution in [2.24, 2.45) is 0 Å². The third kappa shape index (κ3) is 2.80. The Labute approximate surface area is 105 Å². The van der Waals surface area contributed by atoms with Crippen LogP contribution in [0.4, 0.5) is 0 Å². The van der Waals surface area contributed by atoms with E-state index in [0.29, 0.717) is 18.7 Å². The molecule has 1 aromatic rings. The molecule has 0 bridgehead atoms. The van der Waals surface area contributed by atoms with Crippen molar-refractivity contribution in [2.45, 2.75) is 25.3 Å². The first-order chi connectivity index (χ1) is 8.68. The van der Waals surface area contributed by atoms with Gasteiger partial charge in [-0.15, -0.1) is 0 Å². The SMILES string of the molecule is O=C(O)[C@H]1CCCCN1C(=O)/C=C/c1ccco1. The number of furan rings is 1. The first kappa shape index (κ1) is 12.4. The van der Waals surface area contributed by atoms with Gasteiger partial charge in [-0.05, 0) is 37.5 Å². The van der Waals surface area contributed by atoms with E-state index < -0.39 is 12.0 Å². The minimum absolute atomic E-state index is 0.279. The van der Waals surface area contributed by atoms with Crippen molar-refractivity contribution in [3.05, 3.63) is 30.2 Å². The molecule has 0 spiro atoms. The van der Waals surface area contributed by atoms with E-state index >= 15 is 0 Å². The fourth-order valence-corrected chi connectivity index (χ4v) is 2.09. The molecular weight excluding hydrogens is 234 g/mol. The number of carboxylic acid groups (broad SMARTS) is 1. The minimum atomic E-state index is -0.936. The van der Waals surface area contributed by atoms with Crippen LogP contribution in [0, 0.1) is 0 Å². The Morgan fingerprint density at radius 2 is 2.28 bits per heavy atom. The topological polar surface area (TPSA) is 70.8 Å². The van der Waals surface area contributed by atoms with Crippen LogP contribution in [0.25, 0.3) is 6.08 Å². The molecule has 5 nitrogen and oxygen atoms in total. The molecule has 18 heavy (non-hydrogen) atoms. The van der Waals surface area contributed by atoms with Crippen molar-refractivity contribution in [1.82, 2.24) is 4.90 Å². The lowest BCUT2D eigenvalue weighted by Crippen LogP contribution is -2.47. The van der Waals surface area contributed by atoms with E-state index in [1.165, 1.54) is 17.2 Å². The molecule has 2 rings (SSSR count). The van der Waals surface area contributed by atoms with Crippen LogP contribution < -0.4 is 0 Å². The van der Waals surface area contributed by atoms with Gasteiger partial charge in [-0.3, -0.25) is 4.79 Å². The van der Waals surface area contributed by atoms with Gasteiger partial charge in [0.25, 0.3) is 0 Å². The normalized spacial score (nSPS) is 20.2. The Morgan fingerprint density at radius 1 is 1.44 bits per heavy atom. The molecule has 96 valence electrons. The monoisotopic (exact) mass is 249 g/mol. The third-order valence-corrected chi connectivity index (χ3v) is 3.00. The number of piperidine rings is 1. The van der Waals surface area contributed by atoms with E-state index in [2.05, 4.69) is 0 Å². The Hall–Kier alpha value is -2.04. The molecule has 0 saturated carbocycles. The highest BCUT2D eigenvalue weighted by atomic mass is 16.4. The van der Waals surface area contributed by atoms with Gasteiger partial charge < -0.3 is 14.4 Å². The molecule has 5 heteroatoms. The Balaban J connectivity index is 2.04. The molecule has 2 heterocycles. The summed E-state index contributed by atoms with van der Waals surface area (Å²) in [5.74, 6) is -0.639. The highest BCUT2D eigenvalue weighted by molar-refractivity contribution is 5.94. The summed E-state index contributed by atoms with van der Waals surface area (Å²) >= 11 is 0. The van der Waals surface area contributed by atoms with E-state index in [0.717, 1.165) is 12.8 Å². The molecule has 1 aromatic heterocycles. The van der Waals surface area contributed by atoms with Crippen LogP contribution in [-0.2, 0) is 9.59 Å². The summed E-state index contributed by atoms with van der Waals surface area (Å²) in [6.07, 6.45) is 6.66. The van der Waals surface area contributed by atoms with Gasteiger partial charge in [0.1, 0.15) is 11.8 Å². The van der Waals surface area contributed by atoms with Gasteiger partial charge >= 0.3 is 5.97 Å². The number of aliphatic carboxylic acids is 1. The first-order valence-corrected chi connectivity index (χ1v) is 5.93. The van der Waals surface area contributed by atoms with Gasteiger partial charge in [-0.25, -0.2) is 4.79 Å². The molecule has 0 aromatic carbocycles. The number of rotatable bonds is 3. The summed E-state index contributed by atoms with van der Waals surface area (Å²) < 4.78 is 5.07. The van der Waals surface area contributed by atoms with E-state index in [1.807, 2.05) is 0 Å². The van der Waals surface area contributed by atoms with Gasteiger partial charge in [0.15, 0.2) is 0 Å². The van der Waals surface area contributed by atoms with Crippen LogP contribution in [-0.4, -0.2) is 34.5 Å². The van der Waals surface area contributed by atoms with Crippen LogP contribution in [0.2, 0.25) is 0 Å². The number of carboxylic acids is 1. The predicted molar refractivity (Wildman–Crippen MR) is 64.7 cm³/mol. The van der Waals surface area contributed by atoms with E-state index in [1.54, 1.807) is 18.2 Å². The fourth-order valence-electron chi connectivity index (χ4n) is 2.09. The second-order valence-electron chi connectivity index (χ2n) is 4.23. The van der Waals surface area contributed by atoms with Gasteiger partial charge in [0, 0.05) is 12.6 Å². The summed E-state index contributed by atoms with van der Waals surface area (Å²) in [4.78, 5) is 24.4. The van der Waals surface area contributed by atoms with Crippen molar-refractivity contribution in [1.29, 1.82) is 0 Å². The molecule has 0 radical (unpaired) electrons. The van der Waals surface area contributed by atoms with Crippen LogP contribution in [0.3, 0.4) is 0 Å². The lowest BCUT2D eigenvalue weighted by atomic mass is 10.0. The standard InChI is InChI=1S/C13H15NO4/c15-12(7-6-10-4-3-9-18-10)14-8-2-1-5-11(14)13(16)17/h3-4,6-7,9,11H,1-2,5,8H2,(H,16,17)/b7-6+/t11-/m1/s1. The zero-order chi connectivity index (χ0) is 13.0. The van der Waals surface area contributed by atoms with Crippen molar-refractivity contribution >= 4 is 18.0 Å². The molecule has 1 fully saturated rings. The number of likely N-dealkylation sites (tertiary alicyclic amines) is 1. The minimum Gasteiger partial charge on any atom is -0.480 e. The Bertz CT molecular complexity index is 450. The van der Waals surface area contributed by atoms with Crippen LogP contribution in [0.1, 0.15) is 25.0 Å². The quantitative estimate of drug-likeness (QED) is 0.828. The maximum absolute atomic E-state index is 11.9. The molecule has 0 unspecified atom stereocenters. The van der Waals surface area contributed by atoms with Crippen LogP contribution in [0.5, 0.6) is 0 Å². The average molecular weight is 249 g/mol. The lowest BCUT2D eigenvalue weighted by Gasteiger charge is -2.32. The zero-order valence-corrected chi connectivity index (χ0v) is 9.91. The van der Waals surface area contributed by atoms with Gasteiger partial charge in [0.05, 0.1) is 6.26 Å². The Morgan fingerprint density at radius 3 is 2.94 bits per heavy atom. The third-order valence-electron chi connectivity index (χ3n) is 3.00. The highest BCUT2D eigenvalue weighted by Crippen LogP contribution is 2.18. The van der Waals surface area contributed by atoms with Crippen LogP contribution in [0.15, 0.2) is 28.9 Å². The molecule has 1 aliphatic rings. The lowest BCUT2D eigenvalue weighted by molar-refractivity contribution is -0.150. The second kappa shape index (κ2) is 5.53. The van der Waals surface area contributed by atoms with E-state index in [9.17, 15) is 9.59 Å². The van der Waals surface area contributed by atoms with Crippen LogP contribution >= 0.6 is 0 Å². The average Bonchev–Trinajstić information content (AvgIpc) is 2.89. The number of amides is 1. The van der Waals surface area contributed by atoms with Gasteiger partial charge in [0.2, 0.25) is 5.91 Å². The second-order valence-corrected chi connectivity index (χ2v) is 4.23. The molecule has 1 N–H and O–H groups in total. The van der Waals surface area contributed by atoms with E-state index in [4.69, 9.17) is 9.52 Å². The largest absolute Gasteiger partial charge is 0.480 e. The number of carbonyl (C=O) groups excluding carboxylic acids is 1. The van der Waals surface area contributed by atoms with Crippen molar-refractivity contribution < 1.29 is 19.1 Å². The molecule has 0 aliphatic carbocycles. The number of hydrogen-bond donors (Lipinski definition) is 1. The molecule has 1 saturated heterocycles. The summed E-state index contributed by atoms with van der Waals surface area (Å²) in [6.45, 7) is 0.498. The molecule has 1 aliphatic heterocycles. The number of carbonyl (C=O) groups is 2. The first-order valence-electron chi connectivity index (χ1n) is 5.93. The zero-order valence-electron chi connectivity index (χ0n) is 9.91. The number of hydrogen-bond acceptors (Lipinski definition) is 3. The summed E-state index contributed by atoms with van der Waals surface area (Å²) in [5, 5.41) is 9.07. The Kier molecular flexibility index (Phi) is 3.82. The summed E-state index contributed by atoms with van der Waals surface area (Å²) in [7, 11) is 0. The van der Waals surface area contributed by atoms with Gasteiger partial charge in [-0.2, -0.15) is 0 Å². The maximum Gasteiger partial charge on any atom is 0.326 e. The molecule has 1 amide bonds. The smallest absolute Gasteiger partial charge is 0.326 e. The fraction of sp³-hybridized carbons (Fsp3) is 0.385. The molecular formula is C13H15NO4. The maximum atomic E-state index is 11.9. The van der Waals surface area contributed by atoms with Gasteiger partial charge in [-0.1, -0.05) is 0 Å². The van der Waals surface area contributed by atoms with Crippen molar-refractivity contribution in [2.75, 3.05) is 6.54 Å². The van der Waals surface area contributed by atoms with E-state index in [-0.39, 0.29) is 5.91 Å². The molecule has 1 atom stereocenters. The summed E-state index contributed by atoms with van der Waals surface area (Å²) in [5.41, 5.74) is 0. The highest BCUT2D eigenvalue weighted by Gasteiger charge is 2.30. The van der Waals surface area contributed by atoms with Crippen molar-refractivity contribution in [3.63, 3.8) is 0 Å². The summed E-state index contributed by atoms with van der Waals surface area (Å²) in [6, 6.07) is 2.76. The van der Waals surface area contributed by atoms with Crippen molar-refractivity contribution in [3.8, 4) is 0 Å².